The Hall–Kier alpha value is -3.46. The highest BCUT2D eigenvalue weighted by Crippen LogP contribution is 2.27. The predicted octanol–water partition coefficient (Wildman–Crippen LogP) is 3.81. The van der Waals surface area contributed by atoms with Crippen LogP contribution in [-0.4, -0.2) is 36.4 Å². The first-order valence-electron chi connectivity index (χ1n) is 10.2. The summed E-state index contributed by atoms with van der Waals surface area (Å²) in [5, 5.41) is 3.29. The molecule has 5 rings (SSSR count). The second-order valence-corrected chi connectivity index (χ2v) is 7.77. The summed E-state index contributed by atoms with van der Waals surface area (Å²) < 4.78 is 30.6. The largest absolute Gasteiger partial charge is 0.351 e. The molecule has 1 aliphatic carbocycles. The Morgan fingerprint density at radius 1 is 0.935 bits per heavy atom. The summed E-state index contributed by atoms with van der Waals surface area (Å²) in [5.74, 6) is -0.637. The molecule has 0 bridgehead atoms. The van der Waals surface area contributed by atoms with Crippen molar-refractivity contribution in [3.63, 3.8) is 0 Å². The van der Waals surface area contributed by atoms with Gasteiger partial charge in [-0.2, -0.15) is 0 Å². The minimum Gasteiger partial charge on any atom is -0.351 e. The fraction of sp³-hybridized carbons (Fsp3) is 0.273. The molecule has 0 unspecified atom stereocenters. The van der Waals surface area contributed by atoms with Gasteiger partial charge in [-0.1, -0.05) is 0 Å². The van der Waals surface area contributed by atoms with E-state index in [0.717, 1.165) is 31.9 Å². The van der Waals surface area contributed by atoms with E-state index in [2.05, 4.69) is 25.3 Å². The van der Waals surface area contributed by atoms with Crippen LogP contribution < -0.4 is 11.1 Å². The standard InChI is InChI=1S/C22H21F2N7/c23-16-2-1-9-26-20(16)13-3-8-19-27-11-18(31(19)12-13)21-17(24)10-28-22(30-21)29-15-6-4-14(25)5-7-15/h1-3,8-12,14-15H,4-7,25H2,(H,28,29,30). The number of rotatable bonds is 4. The van der Waals surface area contributed by atoms with E-state index in [-0.39, 0.29) is 23.5 Å². The van der Waals surface area contributed by atoms with Crippen molar-refractivity contribution in [1.29, 1.82) is 0 Å². The number of fused-ring (bicyclic) bond motifs is 1. The Morgan fingerprint density at radius 3 is 2.58 bits per heavy atom. The smallest absolute Gasteiger partial charge is 0.223 e. The molecule has 4 aromatic rings. The molecule has 1 aliphatic rings. The number of nitrogens with zero attached hydrogens (tertiary/aromatic N) is 5. The van der Waals surface area contributed by atoms with Gasteiger partial charge in [0, 0.05) is 30.0 Å². The number of anilines is 1. The van der Waals surface area contributed by atoms with Crippen molar-refractivity contribution in [3.8, 4) is 22.6 Å². The maximum Gasteiger partial charge on any atom is 0.223 e. The zero-order chi connectivity index (χ0) is 21.4. The van der Waals surface area contributed by atoms with E-state index in [4.69, 9.17) is 5.73 Å². The lowest BCUT2D eigenvalue weighted by Gasteiger charge is -2.26. The summed E-state index contributed by atoms with van der Waals surface area (Å²) in [6.45, 7) is 0. The maximum absolute atomic E-state index is 14.7. The number of halogens is 2. The normalized spacial score (nSPS) is 18.9. The highest BCUT2D eigenvalue weighted by molar-refractivity contribution is 5.66. The van der Waals surface area contributed by atoms with Gasteiger partial charge in [0.1, 0.15) is 22.9 Å². The van der Waals surface area contributed by atoms with Crippen LogP contribution in [0.5, 0.6) is 0 Å². The van der Waals surface area contributed by atoms with E-state index < -0.39 is 11.6 Å². The predicted molar refractivity (Wildman–Crippen MR) is 113 cm³/mol. The second kappa shape index (κ2) is 7.99. The second-order valence-electron chi connectivity index (χ2n) is 7.77. The molecule has 7 nitrogen and oxygen atoms in total. The molecule has 0 saturated heterocycles. The lowest BCUT2D eigenvalue weighted by molar-refractivity contribution is 0.409. The SMILES string of the molecule is NC1CCC(Nc2ncc(F)c(-c3cnc4ccc(-c5ncccc5F)cn34)n2)CC1. The van der Waals surface area contributed by atoms with Gasteiger partial charge in [-0.25, -0.2) is 23.7 Å². The van der Waals surface area contributed by atoms with Crippen molar-refractivity contribution in [3.05, 3.63) is 60.7 Å². The molecule has 9 heteroatoms. The zero-order valence-electron chi connectivity index (χ0n) is 16.7. The van der Waals surface area contributed by atoms with Gasteiger partial charge < -0.3 is 11.1 Å². The van der Waals surface area contributed by atoms with Gasteiger partial charge >= 0.3 is 0 Å². The zero-order valence-corrected chi connectivity index (χ0v) is 16.7. The van der Waals surface area contributed by atoms with Crippen LogP contribution in [0.25, 0.3) is 28.3 Å². The highest BCUT2D eigenvalue weighted by atomic mass is 19.1. The van der Waals surface area contributed by atoms with Gasteiger partial charge in [0.2, 0.25) is 5.95 Å². The van der Waals surface area contributed by atoms with Crippen molar-refractivity contribution in [2.24, 2.45) is 5.73 Å². The maximum atomic E-state index is 14.7. The minimum atomic E-state index is -0.563. The van der Waals surface area contributed by atoms with Gasteiger partial charge in [0.15, 0.2) is 5.82 Å². The van der Waals surface area contributed by atoms with Crippen LogP contribution in [-0.2, 0) is 0 Å². The fourth-order valence-corrected chi connectivity index (χ4v) is 3.96. The number of aromatic nitrogens is 5. The molecule has 158 valence electrons. The molecule has 0 atom stereocenters. The minimum absolute atomic E-state index is 0.121. The Kier molecular flexibility index (Phi) is 5.03. The molecule has 0 aliphatic heterocycles. The monoisotopic (exact) mass is 421 g/mol. The fourth-order valence-electron chi connectivity index (χ4n) is 3.96. The molecule has 1 saturated carbocycles. The highest BCUT2D eigenvalue weighted by Gasteiger charge is 2.21. The molecule has 3 N–H and O–H groups in total. The van der Waals surface area contributed by atoms with Crippen molar-refractivity contribution >= 4 is 11.6 Å². The van der Waals surface area contributed by atoms with Gasteiger partial charge in [-0.05, 0) is 49.9 Å². The summed E-state index contributed by atoms with van der Waals surface area (Å²) >= 11 is 0. The number of pyridine rings is 2. The topological polar surface area (TPSA) is 94.0 Å². The first-order chi connectivity index (χ1) is 15.1. The number of hydrogen-bond donors (Lipinski definition) is 2. The summed E-state index contributed by atoms with van der Waals surface area (Å²) in [6, 6.07) is 6.79. The molecule has 0 amide bonds. The third kappa shape index (κ3) is 3.84. The van der Waals surface area contributed by atoms with E-state index >= 15 is 0 Å². The van der Waals surface area contributed by atoms with Crippen LogP contribution in [0.1, 0.15) is 25.7 Å². The molecule has 0 aromatic carbocycles. The first kappa shape index (κ1) is 19.5. The van der Waals surface area contributed by atoms with Crippen molar-refractivity contribution < 1.29 is 8.78 Å². The Labute approximate surface area is 177 Å². The molecule has 4 heterocycles. The summed E-state index contributed by atoms with van der Waals surface area (Å²) in [7, 11) is 0. The molecule has 4 aromatic heterocycles. The molecule has 31 heavy (non-hydrogen) atoms. The van der Waals surface area contributed by atoms with Crippen molar-refractivity contribution in [2.45, 2.75) is 37.8 Å². The average Bonchev–Trinajstić information content (AvgIpc) is 3.20. The quantitative estimate of drug-likeness (QED) is 0.520. The van der Waals surface area contributed by atoms with Crippen molar-refractivity contribution in [1.82, 2.24) is 24.3 Å². The van der Waals surface area contributed by atoms with E-state index in [1.54, 1.807) is 28.9 Å². The molecule has 0 radical (unpaired) electrons. The average molecular weight is 421 g/mol. The van der Waals surface area contributed by atoms with E-state index in [1.165, 1.54) is 18.3 Å². The van der Waals surface area contributed by atoms with Gasteiger partial charge in [0.05, 0.1) is 18.1 Å². The summed E-state index contributed by atoms with van der Waals surface area (Å²) in [5.41, 5.74) is 7.89. The summed E-state index contributed by atoms with van der Waals surface area (Å²) in [4.78, 5) is 17.0. The summed E-state index contributed by atoms with van der Waals surface area (Å²) in [6.07, 6.45) is 9.62. The van der Waals surface area contributed by atoms with Crippen LogP contribution in [0, 0.1) is 11.6 Å². The van der Waals surface area contributed by atoms with E-state index in [1.807, 2.05) is 0 Å². The molecular formula is C22H21F2N7. The van der Waals surface area contributed by atoms with Gasteiger partial charge in [-0.15, -0.1) is 0 Å². The Morgan fingerprint density at radius 2 is 1.77 bits per heavy atom. The Balaban J connectivity index is 1.51. The molecule has 1 fully saturated rings. The molecule has 0 spiro atoms. The third-order valence-electron chi connectivity index (χ3n) is 5.63. The van der Waals surface area contributed by atoms with Crippen LogP contribution in [0.4, 0.5) is 14.7 Å². The van der Waals surface area contributed by atoms with E-state index in [0.29, 0.717) is 22.9 Å². The van der Waals surface area contributed by atoms with Crippen LogP contribution >= 0.6 is 0 Å². The van der Waals surface area contributed by atoms with Crippen LogP contribution in [0.2, 0.25) is 0 Å². The Bertz CT molecular complexity index is 1230. The lowest BCUT2D eigenvalue weighted by atomic mass is 9.92. The van der Waals surface area contributed by atoms with E-state index in [9.17, 15) is 8.78 Å². The lowest BCUT2D eigenvalue weighted by Crippen LogP contribution is -2.33. The van der Waals surface area contributed by atoms with Gasteiger partial charge in [-0.3, -0.25) is 9.38 Å². The number of nitrogens with one attached hydrogen (secondary N) is 1. The van der Waals surface area contributed by atoms with Gasteiger partial charge in [0.25, 0.3) is 0 Å². The van der Waals surface area contributed by atoms with Crippen LogP contribution in [0.3, 0.4) is 0 Å². The molecular weight excluding hydrogens is 400 g/mol. The number of imidazole rings is 1. The number of hydrogen-bond acceptors (Lipinski definition) is 6. The third-order valence-corrected chi connectivity index (χ3v) is 5.63. The van der Waals surface area contributed by atoms with Crippen molar-refractivity contribution in [2.75, 3.05) is 5.32 Å². The number of nitrogens with two attached hydrogens (primary N) is 1. The first-order valence-corrected chi connectivity index (χ1v) is 10.2. The van der Waals surface area contributed by atoms with Crippen LogP contribution in [0.15, 0.2) is 49.1 Å².